The van der Waals surface area contributed by atoms with E-state index < -0.39 is 0 Å². The topological polar surface area (TPSA) is 58.4 Å². The molecule has 2 aliphatic rings. The summed E-state index contributed by atoms with van der Waals surface area (Å²) >= 11 is 0. The number of rotatable bonds is 6. The molecule has 2 rings (SSSR count). The maximum atomic E-state index is 12.1. The Morgan fingerprint density at radius 3 is 2.71 bits per heavy atom. The number of likely N-dealkylation sites (tertiary alicyclic amines) is 1. The Hall–Kier alpha value is -0.610. The summed E-state index contributed by atoms with van der Waals surface area (Å²) in [6, 6.07) is 0.633. The Labute approximate surface area is 129 Å². The number of amides is 1. The predicted octanol–water partition coefficient (Wildman–Crippen LogP) is 2.27. The van der Waals surface area contributed by atoms with Gasteiger partial charge in [-0.25, -0.2) is 0 Å². The Balaban J connectivity index is 1.59. The molecule has 4 nitrogen and oxygen atoms in total. The van der Waals surface area contributed by atoms with E-state index in [-0.39, 0.29) is 11.9 Å². The number of carbonyl (C=O) groups excluding carboxylic acids is 1. The minimum absolute atomic E-state index is 0.221. The van der Waals surface area contributed by atoms with Crippen LogP contribution in [-0.4, -0.2) is 42.5 Å². The molecule has 0 radical (unpaired) electrons. The molecule has 0 aromatic carbocycles. The van der Waals surface area contributed by atoms with Gasteiger partial charge in [0.05, 0.1) is 0 Å². The van der Waals surface area contributed by atoms with Gasteiger partial charge in [-0.3, -0.25) is 4.79 Å². The number of nitrogens with zero attached hydrogens (tertiary/aromatic N) is 1. The molecule has 3 N–H and O–H groups in total. The smallest absolute Gasteiger partial charge is 0.220 e. The first-order valence-corrected chi connectivity index (χ1v) is 8.91. The van der Waals surface area contributed by atoms with Crippen LogP contribution < -0.4 is 11.1 Å². The van der Waals surface area contributed by atoms with Gasteiger partial charge in [-0.15, -0.1) is 0 Å². The van der Waals surface area contributed by atoms with Gasteiger partial charge in [0.25, 0.3) is 0 Å². The fraction of sp³-hybridized carbons (Fsp3) is 0.941. The molecule has 1 aliphatic carbocycles. The molecule has 3 unspecified atom stereocenters. The first-order valence-electron chi connectivity index (χ1n) is 8.91. The maximum Gasteiger partial charge on any atom is 0.220 e. The van der Waals surface area contributed by atoms with Crippen molar-refractivity contribution in [2.24, 2.45) is 11.7 Å². The minimum Gasteiger partial charge on any atom is -0.352 e. The molecule has 0 aromatic rings. The summed E-state index contributed by atoms with van der Waals surface area (Å²) in [6.45, 7) is 5.52. The van der Waals surface area contributed by atoms with Crippen LogP contribution in [-0.2, 0) is 4.79 Å². The van der Waals surface area contributed by atoms with Crippen LogP contribution in [0.1, 0.15) is 64.7 Å². The van der Waals surface area contributed by atoms with Gasteiger partial charge in [0.15, 0.2) is 0 Å². The molecular formula is C17H33N3O. The minimum atomic E-state index is 0.221. The number of piperidine rings is 1. The molecule has 122 valence electrons. The maximum absolute atomic E-state index is 12.1. The summed E-state index contributed by atoms with van der Waals surface area (Å²) in [5.74, 6) is 0.885. The standard InChI is InChI=1S/C17H33N3O/c1-14(13-20-10-3-2-4-11-20)19-17(21)9-8-15-6-5-7-16(18)12-15/h14-16H,2-13,18H2,1H3,(H,19,21). The van der Waals surface area contributed by atoms with E-state index in [2.05, 4.69) is 17.1 Å². The van der Waals surface area contributed by atoms with Crippen LogP contribution in [0.3, 0.4) is 0 Å². The Morgan fingerprint density at radius 1 is 1.24 bits per heavy atom. The van der Waals surface area contributed by atoms with Crippen molar-refractivity contribution in [3.05, 3.63) is 0 Å². The van der Waals surface area contributed by atoms with Gasteiger partial charge in [0.2, 0.25) is 5.91 Å². The lowest BCUT2D eigenvalue weighted by molar-refractivity contribution is -0.122. The zero-order valence-electron chi connectivity index (χ0n) is 13.7. The first-order chi connectivity index (χ1) is 10.1. The summed E-state index contributed by atoms with van der Waals surface area (Å²) in [5.41, 5.74) is 6.01. The molecule has 21 heavy (non-hydrogen) atoms. The van der Waals surface area contributed by atoms with Gasteiger partial charge >= 0.3 is 0 Å². The van der Waals surface area contributed by atoms with E-state index in [4.69, 9.17) is 5.73 Å². The molecule has 2 fully saturated rings. The van der Waals surface area contributed by atoms with E-state index in [1.54, 1.807) is 0 Å². The zero-order valence-corrected chi connectivity index (χ0v) is 13.7. The normalized spacial score (nSPS) is 29.0. The van der Waals surface area contributed by atoms with E-state index in [0.717, 1.165) is 25.8 Å². The second-order valence-corrected chi connectivity index (χ2v) is 7.16. The fourth-order valence-corrected chi connectivity index (χ4v) is 3.85. The lowest BCUT2D eigenvalue weighted by Crippen LogP contribution is -2.43. The molecule has 1 heterocycles. The van der Waals surface area contributed by atoms with Crippen molar-refractivity contribution in [1.82, 2.24) is 10.2 Å². The number of carbonyl (C=O) groups is 1. The summed E-state index contributed by atoms with van der Waals surface area (Å²) in [5, 5.41) is 3.17. The third kappa shape index (κ3) is 6.35. The SMILES string of the molecule is CC(CN1CCCCC1)NC(=O)CCC1CCCC(N)C1. The monoisotopic (exact) mass is 295 g/mol. The van der Waals surface area contributed by atoms with Gasteiger partial charge in [0.1, 0.15) is 0 Å². The molecular weight excluding hydrogens is 262 g/mol. The van der Waals surface area contributed by atoms with Gasteiger partial charge in [-0.2, -0.15) is 0 Å². The summed E-state index contributed by atoms with van der Waals surface area (Å²) in [6.07, 6.45) is 10.4. The van der Waals surface area contributed by atoms with Crippen LogP contribution >= 0.6 is 0 Å². The van der Waals surface area contributed by atoms with Crippen LogP contribution in [0.5, 0.6) is 0 Å². The van der Waals surface area contributed by atoms with Crippen molar-refractivity contribution in [2.45, 2.75) is 76.8 Å². The van der Waals surface area contributed by atoms with E-state index in [0.29, 0.717) is 18.4 Å². The number of hydrogen-bond acceptors (Lipinski definition) is 3. The third-order valence-electron chi connectivity index (χ3n) is 4.99. The number of hydrogen-bond donors (Lipinski definition) is 2. The van der Waals surface area contributed by atoms with Gasteiger partial charge in [-0.1, -0.05) is 19.3 Å². The van der Waals surface area contributed by atoms with Crippen LogP contribution in [0, 0.1) is 5.92 Å². The first kappa shape index (κ1) is 16.8. The highest BCUT2D eigenvalue weighted by Gasteiger charge is 2.20. The second-order valence-electron chi connectivity index (χ2n) is 7.16. The molecule has 1 aliphatic heterocycles. The number of nitrogens with two attached hydrogens (primary N) is 1. The second kappa shape index (κ2) is 8.74. The van der Waals surface area contributed by atoms with E-state index in [1.165, 1.54) is 45.2 Å². The lowest BCUT2D eigenvalue weighted by atomic mass is 9.83. The summed E-state index contributed by atoms with van der Waals surface area (Å²) < 4.78 is 0. The quantitative estimate of drug-likeness (QED) is 0.790. The van der Waals surface area contributed by atoms with Crippen molar-refractivity contribution >= 4 is 5.91 Å². The highest BCUT2D eigenvalue weighted by molar-refractivity contribution is 5.76. The Morgan fingerprint density at radius 2 is 2.00 bits per heavy atom. The Kier molecular flexibility index (Phi) is 6.97. The van der Waals surface area contributed by atoms with E-state index in [9.17, 15) is 4.79 Å². The predicted molar refractivity (Wildman–Crippen MR) is 87.1 cm³/mol. The molecule has 0 spiro atoms. The average Bonchev–Trinajstić information content (AvgIpc) is 2.46. The van der Waals surface area contributed by atoms with Crippen molar-refractivity contribution in [1.29, 1.82) is 0 Å². The van der Waals surface area contributed by atoms with Crippen molar-refractivity contribution in [3.8, 4) is 0 Å². The average molecular weight is 295 g/mol. The van der Waals surface area contributed by atoms with E-state index >= 15 is 0 Å². The van der Waals surface area contributed by atoms with E-state index in [1.807, 2.05) is 0 Å². The molecule has 1 amide bonds. The Bertz CT molecular complexity index is 315. The van der Waals surface area contributed by atoms with Crippen molar-refractivity contribution in [3.63, 3.8) is 0 Å². The highest BCUT2D eigenvalue weighted by atomic mass is 16.1. The van der Waals surface area contributed by atoms with Crippen LogP contribution in [0.4, 0.5) is 0 Å². The highest BCUT2D eigenvalue weighted by Crippen LogP contribution is 2.26. The largest absolute Gasteiger partial charge is 0.352 e. The molecule has 1 saturated heterocycles. The van der Waals surface area contributed by atoms with Gasteiger partial charge in [0, 0.05) is 25.0 Å². The lowest BCUT2D eigenvalue weighted by Gasteiger charge is -2.29. The molecule has 3 atom stereocenters. The van der Waals surface area contributed by atoms with Crippen LogP contribution in [0.2, 0.25) is 0 Å². The van der Waals surface area contributed by atoms with Gasteiger partial charge in [-0.05, 0) is 58.0 Å². The fourth-order valence-electron chi connectivity index (χ4n) is 3.85. The molecule has 1 saturated carbocycles. The summed E-state index contributed by atoms with van der Waals surface area (Å²) in [7, 11) is 0. The third-order valence-corrected chi connectivity index (χ3v) is 4.99. The molecule has 0 aromatic heterocycles. The van der Waals surface area contributed by atoms with Crippen LogP contribution in [0.25, 0.3) is 0 Å². The molecule has 0 bridgehead atoms. The van der Waals surface area contributed by atoms with Crippen LogP contribution in [0.15, 0.2) is 0 Å². The number of nitrogens with one attached hydrogen (secondary N) is 1. The zero-order chi connectivity index (χ0) is 15.1. The summed E-state index contributed by atoms with van der Waals surface area (Å²) in [4.78, 5) is 14.5. The van der Waals surface area contributed by atoms with Crippen molar-refractivity contribution in [2.75, 3.05) is 19.6 Å². The molecule has 4 heteroatoms. The van der Waals surface area contributed by atoms with Gasteiger partial charge < -0.3 is 16.0 Å². The van der Waals surface area contributed by atoms with Crippen molar-refractivity contribution < 1.29 is 4.79 Å².